The van der Waals surface area contributed by atoms with Crippen LogP contribution in [0.3, 0.4) is 0 Å². The van der Waals surface area contributed by atoms with Crippen LogP contribution in [0.4, 0.5) is 0 Å². The number of methoxy groups -OCH3 is 1. The van der Waals surface area contributed by atoms with Crippen LogP contribution in [0.15, 0.2) is 30.5 Å². The fourth-order valence-electron chi connectivity index (χ4n) is 4.65. The predicted molar refractivity (Wildman–Crippen MR) is 139 cm³/mol. The van der Waals surface area contributed by atoms with E-state index >= 15 is 0 Å². The van der Waals surface area contributed by atoms with E-state index in [0.717, 1.165) is 25.5 Å². The Morgan fingerprint density at radius 2 is 1.59 bits per heavy atom. The number of nitrogens with zero attached hydrogens (tertiary/aromatic N) is 1. The van der Waals surface area contributed by atoms with Crippen molar-refractivity contribution < 1.29 is 9.47 Å². The van der Waals surface area contributed by atoms with Crippen molar-refractivity contribution in [1.82, 2.24) is 10.3 Å². The molecule has 6 heteroatoms. The Kier molecular flexibility index (Phi) is 10.3. The van der Waals surface area contributed by atoms with Gasteiger partial charge in [-0.1, -0.05) is 0 Å². The number of hydrogen-bond acceptors (Lipinski definition) is 5. The van der Waals surface area contributed by atoms with Crippen LogP contribution >= 0.6 is 11.3 Å². The van der Waals surface area contributed by atoms with Gasteiger partial charge in [0.1, 0.15) is 0 Å². The van der Waals surface area contributed by atoms with Crippen molar-refractivity contribution >= 4 is 32.6 Å². The van der Waals surface area contributed by atoms with Gasteiger partial charge in [-0.25, -0.2) is 0 Å². The third kappa shape index (κ3) is 6.28. The second-order valence-electron chi connectivity index (χ2n) is 9.40. The quantitative estimate of drug-likeness (QED) is 0.261. The molecule has 0 saturated carbocycles. The van der Waals surface area contributed by atoms with E-state index in [0.29, 0.717) is 0 Å². The van der Waals surface area contributed by atoms with Gasteiger partial charge in [-0.2, -0.15) is 0 Å². The van der Waals surface area contributed by atoms with E-state index < -0.39 is 18.4 Å². The summed E-state index contributed by atoms with van der Waals surface area (Å²) in [5, 5.41) is 5.05. The number of nitrogens with one attached hydrogen (secondary N) is 1. The molecular weight excluding hydrogens is 523 g/mol. The number of aromatic nitrogens is 1. The Bertz CT molecular complexity index is 783. The van der Waals surface area contributed by atoms with Crippen LogP contribution in [-0.2, 0) is 16.8 Å². The van der Waals surface area contributed by atoms with Gasteiger partial charge in [0, 0.05) is 0 Å². The normalized spacial score (nSPS) is 15.5. The Morgan fingerprint density at radius 3 is 2.06 bits per heavy atom. The third-order valence-corrected chi connectivity index (χ3v) is 26.3. The van der Waals surface area contributed by atoms with Crippen LogP contribution in [-0.4, -0.2) is 43.7 Å². The van der Waals surface area contributed by atoms with Crippen molar-refractivity contribution in [3.63, 3.8) is 0 Å². The Balaban J connectivity index is 1.79. The number of unbranched alkanes of at least 4 members (excludes halogenated alkanes) is 3. The summed E-state index contributed by atoms with van der Waals surface area (Å²) in [6.07, 6.45) is 10.4. The van der Waals surface area contributed by atoms with Crippen LogP contribution in [0.1, 0.15) is 69.9 Å². The molecule has 1 saturated heterocycles. The van der Waals surface area contributed by atoms with Crippen LogP contribution in [0.25, 0.3) is 0 Å². The molecule has 1 aromatic heterocycles. The van der Waals surface area contributed by atoms with Crippen molar-refractivity contribution in [1.29, 1.82) is 0 Å². The molecule has 4 nitrogen and oxygen atoms in total. The zero-order valence-electron chi connectivity index (χ0n) is 20.5. The zero-order valence-corrected chi connectivity index (χ0v) is 24.2. The van der Waals surface area contributed by atoms with E-state index in [4.69, 9.17) is 14.5 Å². The van der Waals surface area contributed by atoms with Crippen molar-refractivity contribution in [2.24, 2.45) is 0 Å². The van der Waals surface area contributed by atoms with Crippen molar-refractivity contribution in [2.45, 2.75) is 84.7 Å². The number of thiazole rings is 1. The minimum atomic E-state index is -2.42. The van der Waals surface area contributed by atoms with E-state index in [1.807, 2.05) is 23.5 Å². The van der Waals surface area contributed by atoms with Gasteiger partial charge in [-0.05, 0) is 0 Å². The molecule has 0 radical (unpaired) electrons. The molecular formula is C26H42N2O2SSn. The molecule has 0 bridgehead atoms. The maximum atomic E-state index is 5.71. The fraction of sp³-hybridized carbons (Fsp3) is 0.654. The molecule has 1 aliphatic rings. The summed E-state index contributed by atoms with van der Waals surface area (Å²) >= 11 is -0.390. The van der Waals surface area contributed by atoms with E-state index in [1.54, 1.807) is 10.0 Å². The summed E-state index contributed by atoms with van der Waals surface area (Å²) in [5.41, 5.74) is 1.14. The third-order valence-electron chi connectivity index (χ3n) is 6.95. The summed E-state index contributed by atoms with van der Waals surface area (Å²) < 4.78 is 17.2. The molecule has 178 valence electrons. The van der Waals surface area contributed by atoms with Crippen LogP contribution < -0.4 is 12.9 Å². The fourth-order valence-corrected chi connectivity index (χ4v) is 24.4. The molecule has 32 heavy (non-hydrogen) atoms. The predicted octanol–water partition coefficient (Wildman–Crippen LogP) is 6.22. The molecule has 0 amide bonds. The van der Waals surface area contributed by atoms with Crippen molar-refractivity contribution in [3.8, 4) is 5.75 Å². The molecule has 0 aliphatic carbocycles. The van der Waals surface area contributed by atoms with Gasteiger partial charge in [0.15, 0.2) is 0 Å². The second-order valence-corrected chi connectivity index (χ2v) is 24.6. The Labute approximate surface area is 203 Å². The number of rotatable bonds is 15. The Hall–Kier alpha value is -0.631. The average Bonchev–Trinajstić information content (AvgIpc) is 3.29. The first-order valence-electron chi connectivity index (χ1n) is 12.5. The topological polar surface area (TPSA) is 43.4 Å². The van der Waals surface area contributed by atoms with Gasteiger partial charge in [0.2, 0.25) is 0 Å². The van der Waals surface area contributed by atoms with E-state index in [2.05, 4.69) is 44.4 Å². The van der Waals surface area contributed by atoms with E-state index in [9.17, 15) is 0 Å². The van der Waals surface area contributed by atoms with Crippen LogP contribution in [0.2, 0.25) is 13.3 Å². The average molecular weight is 565 g/mol. The molecule has 3 rings (SSSR count). The number of ether oxygens (including phenoxy) is 2. The monoisotopic (exact) mass is 566 g/mol. The molecule has 2 heterocycles. The van der Waals surface area contributed by atoms with E-state index in [1.165, 1.54) is 62.4 Å². The number of hydrogen-bond donors (Lipinski definition) is 1. The van der Waals surface area contributed by atoms with Gasteiger partial charge in [-0.15, -0.1) is 0 Å². The summed E-state index contributed by atoms with van der Waals surface area (Å²) in [5.74, 6) is 0.898. The molecule has 1 aliphatic heterocycles. The van der Waals surface area contributed by atoms with Crippen LogP contribution in [0, 0.1) is 0 Å². The molecule has 1 fully saturated rings. The molecule has 1 N–H and O–H groups in total. The summed E-state index contributed by atoms with van der Waals surface area (Å²) in [4.78, 5) is 5.05. The molecule has 0 spiro atoms. The summed E-state index contributed by atoms with van der Waals surface area (Å²) in [6, 6.07) is 8.32. The Morgan fingerprint density at radius 1 is 1.00 bits per heavy atom. The van der Waals surface area contributed by atoms with Gasteiger partial charge in [0.05, 0.1) is 0 Å². The molecule has 2 aromatic rings. The maximum absolute atomic E-state index is 5.71. The molecule has 1 aromatic carbocycles. The molecule has 0 unspecified atom stereocenters. The first-order valence-corrected chi connectivity index (χ1v) is 20.8. The van der Waals surface area contributed by atoms with E-state index in [-0.39, 0.29) is 5.54 Å². The molecule has 0 atom stereocenters. The SMILES string of the molecule is CCC[CH2][Sn]([CH2]CCC)([CH2]CCC)[c]1cnc(C2(NCc3ccc(OC)cc3)COC2)s1. The minimum absolute atomic E-state index is 0.124. The summed E-state index contributed by atoms with van der Waals surface area (Å²) in [7, 11) is 1.71. The second kappa shape index (κ2) is 12.7. The van der Waals surface area contributed by atoms with Gasteiger partial charge in [0.25, 0.3) is 0 Å². The number of benzene rings is 1. The zero-order chi connectivity index (χ0) is 22.9. The van der Waals surface area contributed by atoms with Gasteiger partial charge in [-0.3, -0.25) is 0 Å². The first kappa shape index (κ1) is 26.0. The standard InChI is InChI=1S/C14H15N2O2S.3C4H9.Sn/c1-17-12-4-2-11(3-5-12)8-16-14(9-18-10-14)13-15-6-7-19-13;3*1-3-4-2;/h2-6,16H,8-10H2,1H3;3*1,3-4H2,2H3;. The summed E-state index contributed by atoms with van der Waals surface area (Å²) in [6.45, 7) is 9.29. The van der Waals surface area contributed by atoms with Crippen LogP contribution in [0.5, 0.6) is 5.75 Å². The van der Waals surface area contributed by atoms with Gasteiger partial charge >= 0.3 is 204 Å². The van der Waals surface area contributed by atoms with Crippen molar-refractivity contribution in [3.05, 3.63) is 41.0 Å². The van der Waals surface area contributed by atoms with Crippen molar-refractivity contribution in [2.75, 3.05) is 20.3 Å². The van der Waals surface area contributed by atoms with Gasteiger partial charge < -0.3 is 0 Å². The first-order chi connectivity index (χ1) is 15.6.